The number of ether oxygens (including phenoxy) is 1. The molecule has 0 radical (unpaired) electrons. The lowest BCUT2D eigenvalue weighted by Gasteiger charge is -2.40. The van der Waals surface area contributed by atoms with Gasteiger partial charge in [-0.15, -0.1) is 23.1 Å². The van der Waals surface area contributed by atoms with Crippen LogP contribution in [0.5, 0.6) is 0 Å². The van der Waals surface area contributed by atoms with E-state index in [0.29, 0.717) is 5.56 Å². The van der Waals surface area contributed by atoms with Crippen molar-refractivity contribution in [3.63, 3.8) is 0 Å². The van der Waals surface area contributed by atoms with Gasteiger partial charge in [0.15, 0.2) is 0 Å². The summed E-state index contributed by atoms with van der Waals surface area (Å²) in [5.41, 5.74) is 4.08. The first kappa shape index (κ1) is 23.0. The number of thioether (sulfide) groups is 1. The molecule has 5 atom stereocenters. The molecule has 3 aromatic rings. The van der Waals surface area contributed by atoms with E-state index in [4.69, 9.17) is 10.00 Å². The number of rotatable bonds is 5. The average Bonchev–Trinajstić information content (AvgIpc) is 3.28. The maximum atomic E-state index is 10.5. The second-order valence-electron chi connectivity index (χ2n) is 7.95. The number of aliphatic hydroxyl groups is 3. The van der Waals surface area contributed by atoms with Crippen LogP contribution in [0.4, 0.5) is 0 Å². The van der Waals surface area contributed by atoms with Gasteiger partial charge in [0, 0.05) is 16.2 Å². The SMILES string of the molecule is CSC1OC(c2ccc(C)c(Cc3ccc(-c4cccc(C#N)c4)s3)c2)C(O)C(O)C1O. The molecule has 1 aromatic heterocycles. The van der Waals surface area contributed by atoms with Gasteiger partial charge in [0.05, 0.1) is 11.6 Å². The highest BCUT2D eigenvalue weighted by atomic mass is 32.2. The van der Waals surface area contributed by atoms with Crippen LogP contribution in [-0.2, 0) is 11.2 Å². The van der Waals surface area contributed by atoms with Crippen molar-refractivity contribution in [1.29, 1.82) is 5.26 Å². The highest BCUT2D eigenvalue weighted by Crippen LogP contribution is 2.37. The third kappa shape index (κ3) is 4.62. The third-order valence-electron chi connectivity index (χ3n) is 5.81. The van der Waals surface area contributed by atoms with Gasteiger partial charge in [-0.1, -0.05) is 30.3 Å². The monoisotopic (exact) mass is 467 g/mol. The number of aryl methyl sites for hydroxylation is 1. The van der Waals surface area contributed by atoms with Crippen molar-refractivity contribution in [2.24, 2.45) is 0 Å². The van der Waals surface area contributed by atoms with Crippen molar-refractivity contribution < 1.29 is 20.1 Å². The minimum atomic E-state index is -1.26. The van der Waals surface area contributed by atoms with Crippen LogP contribution in [0.3, 0.4) is 0 Å². The fourth-order valence-electron chi connectivity index (χ4n) is 3.93. The lowest BCUT2D eigenvalue weighted by molar-refractivity contribution is -0.200. The second-order valence-corrected chi connectivity index (χ2v) is 10.1. The van der Waals surface area contributed by atoms with Crippen LogP contribution < -0.4 is 0 Å². The minimum absolute atomic E-state index is 0.604. The fraction of sp³-hybridized carbons (Fsp3) is 0.320. The molecule has 2 aromatic carbocycles. The average molecular weight is 468 g/mol. The van der Waals surface area contributed by atoms with Crippen molar-refractivity contribution in [3.05, 3.63) is 81.7 Å². The van der Waals surface area contributed by atoms with Crippen LogP contribution in [0.25, 0.3) is 10.4 Å². The van der Waals surface area contributed by atoms with E-state index in [-0.39, 0.29) is 0 Å². The van der Waals surface area contributed by atoms with Gasteiger partial charge in [0.2, 0.25) is 0 Å². The van der Waals surface area contributed by atoms with Gasteiger partial charge in [-0.3, -0.25) is 0 Å². The molecule has 0 bridgehead atoms. The van der Waals surface area contributed by atoms with Gasteiger partial charge in [-0.2, -0.15) is 5.26 Å². The smallest absolute Gasteiger partial charge is 0.132 e. The van der Waals surface area contributed by atoms with E-state index in [2.05, 4.69) is 18.2 Å². The second kappa shape index (κ2) is 9.75. The minimum Gasteiger partial charge on any atom is -0.387 e. The van der Waals surface area contributed by atoms with Crippen LogP contribution in [-0.4, -0.2) is 45.3 Å². The van der Waals surface area contributed by atoms with Gasteiger partial charge in [0.25, 0.3) is 0 Å². The van der Waals surface area contributed by atoms with E-state index in [0.717, 1.165) is 33.6 Å². The molecule has 1 fully saturated rings. The Morgan fingerprint density at radius 1 is 1.03 bits per heavy atom. The Hall–Kier alpha value is -2.18. The summed E-state index contributed by atoms with van der Waals surface area (Å²) < 4.78 is 5.92. The summed E-state index contributed by atoms with van der Waals surface area (Å²) in [5.74, 6) is 0. The predicted octanol–water partition coefficient (Wildman–Crippen LogP) is 4.03. The predicted molar refractivity (Wildman–Crippen MR) is 128 cm³/mol. The van der Waals surface area contributed by atoms with Crippen LogP contribution in [0, 0.1) is 18.3 Å². The third-order valence-corrected chi connectivity index (χ3v) is 7.80. The van der Waals surface area contributed by atoms with E-state index < -0.39 is 29.9 Å². The Morgan fingerprint density at radius 3 is 2.59 bits per heavy atom. The molecule has 7 heteroatoms. The summed E-state index contributed by atoms with van der Waals surface area (Å²) >= 11 is 3.00. The summed E-state index contributed by atoms with van der Waals surface area (Å²) in [6.45, 7) is 2.05. The molecule has 5 unspecified atom stereocenters. The first-order chi connectivity index (χ1) is 15.4. The van der Waals surface area contributed by atoms with Gasteiger partial charge >= 0.3 is 0 Å². The molecule has 0 spiro atoms. The molecule has 0 saturated carbocycles. The number of nitrogens with zero attached hydrogens (tertiary/aromatic N) is 1. The first-order valence-electron chi connectivity index (χ1n) is 10.3. The Morgan fingerprint density at radius 2 is 1.84 bits per heavy atom. The molecule has 4 rings (SSSR count). The molecule has 1 saturated heterocycles. The first-order valence-corrected chi connectivity index (χ1v) is 12.4. The summed E-state index contributed by atoms with van der Waals surface area (Å²) in [6.07, 6.45) is -1.79. The normalized spacial score (nSPS) is 25.4. The molecular weight excluding hydrogens is 442 g/mol. The molecule has 5 nitrogen and oxygen atoms in total. The zero-order valence-electron chi connectivity index (χ0n) is 17.8. The number of aliphatic hydroxyl groups excluding tert-OH is 3. The summed E-state index contributed by atoms with van der Waals surface area (Å²) in [4.78, 5) is 2.29. The van der Waals surface area contributed by atoms with Crippen molar-refractivity contribution >= 4 is 23.1 Å². The van der Waals surface area contributed by atoms with Crippen LogP contribution in [0.2, 0.25) is 0 Å². The Kier molecular flexibility index (Phi) is 7.01. The summed E-state index contributed by atoms with van der Waals surface area (Å²) in [7, 11) is 0. The molecule has 0 aliphatic carbocycles. The van der Waals surface area contributed by atoms with Gasteiger partial charge < -0.3 is 20.1 Å². The maximum Gasteiger partial charge on any atom is 0.132 e. The summed E-state index contributed by atoms with van der Waals surface area (Å²) in [5, 5.41) is 40.1. The molecule has 1 aliphatic rings. The highest BCUT2D eigenvalue weighted by Gasteiger charge is 2.44. The molecule has 1 aliphatic heterocycles. The number of benzene rings is 2. The standard InChI is InChI=1S/C25H25NO4S2/c1-14-6-7-17(24-22(28)21(27)23(29)25(30-24)31-2)11-18(14)12-19-8-9-20(32-19)16-5-3-4-15(10-16)13-26/h3-11,21-25,27-29H,12H2,1-2H3. The number of thiophene rings is 1. The Balaban J connectivity index is 1.58. The van der Waals surface area contributed by atoms with E-state index >= 15 is 0 Å². The Bertz CT molecular complexity index is 1140. The molecule has 2 heterocycles. The summed E-state index contributed by atoms with van der Waals surface area (Å²) in [6, 6.07) is 19.9. The van der Waals surface area contributed by atoms with Gasteiger partial charge in [0.1, 0.15) is 29.9 Å². The van der Waals surface area contributed by atoms with Gasteiger partial charge in [-0.25, -0.2) is 0 Å². The van der Waals surface area contributed by atoms with Crippen LogP contribution in [0.15, 0.2) is 54.6 Å². The van der Waals surface area contributed by atoms with Crippen molar-refractivity contribution in [2.75, 3.05) is 6.26 Å². The number of hydrogen-bond acceptors (Lipinski definition) is 7. The maximum absolute atomic E-state index is 10.5. The lowest BCUT2D eigenvalue weighted by atomic mass is 9.92. The van der Waals surface area contributed by atoms with E-state index in [1.54, 1.807) is 23.7 Å². The topological polar surface area (TPSA) is 93.7 Å². The van der Waals surface area contributed by atoms with E-state index in [1.807, 2.05) is 43.3 Å². The quantitative estimate of drug-likeness (QED) is 0.525. The van der Waals surface area contributed by atoms with Crippen molar-refractivity contribution in [1.82, 2.24) is 0 Å². The van der Waals surface area contributed by atoms with Gasteiger partial charge in [-0.05, 0) is 59.7 Å². The van der Waals surface area contributed by atoms with E-state index in [9.17, 15) is 15.3 Å². The van der Waals surface area contributed by atoms with Crippen molar-refractivity contribution in [3.8, 4) is 16.5 Å². The zero-order valence-corrected chi connectivity index (χ0v) is 19.4. The number of nitriles is 1. The highest BCUT2D eigenvalue weighted by molar-refractivity contribution is 7.99. The fourth-order valence-corrected chi connectivity index (χ4v) is 5.63. The van der Waals surface area contributed by atoms with Crippen molar-refractivity contribution in [2.45, 2.75) is 43.2 Å². The molecule has 166 valence electrons. The molecule has 0 amide bonds. The largest absolute Gasteiger partial charge is 0.387 e. The van der Waals surface area contributed by atoms with Crippen LogP contribution in [0.1, 0.15) is 33.2 Å². The van der Waals surface area contributed by atoms with E-state index in [1.165, 1.54) is 16.6 Å². The lowest BCUT2D eigenvalue weighted by Crippen LogP contribution is -2.52. The molecular formula is C25H25NO4S2. The van der Waals surface area contributed by atoms with Crippen LogP contribution >= 0.6 is 23.1 Å². The number of hydrogen-bond donors (Lipinski definition) is 3. The Labute approximate surface area is 195 Å². The molecule has 3 N–H and O–H groups in total. The molecule has 32 heavy (non-hydrogen) atoms. The zero-order chi connectivity index (χ0) is 22.8.